The Balaban J connectivity index is 1.07. The van der Waals surface area contributed by atoms with Crippen molar-refractivity contribution in [2.45, 2.75) is 50.6 Å². The fourth-order valence-corrected chi connectivity index (χ4v) is 10.2. The van der Waals surface area contributed by atoms with Crippen LogP contribution in [0.25, 0.3) is 0 Å². The summed E-state index contributed by atoms with van der Waals surface area (Å²) in [5.74, 6) is 4.88. The van der Waals surface area contributed by atoms with Crippen molar-refractivity contribution in [3.05, 3.63) is 94.1 Å². The van der Waals surface area contributed by atoms with E-state index in [4.69, 9.17) is 56.8 Å². The van der Waals surface area contributed by atoms with Gasteiger partial charge in [-0.25, -0.2) is 9.59 Å². The van der Waals surface area contributed by atoms with Crippen molar-refractivity contribution in [1.82, 2.24) is 0 Å². The van der Waals surface area contributed by atoms with Crippen molar-refractivity contribution in [2.75, 3.05) is 125 Å². The van der Waals surface area contributed by atoms with Crippen molar-refractivity contribution in [2.24, 2.45) is 0 Å². The van der Waals surface area contributed by atoms with Crippen LogP contribution in [0.2, 0.25) is 0 Å². The SMILES string of the molecule is COc1cc2c(cc1OC)[C@@H](Cc1cc(OC)c(OC)c(OC)c1)[N+](C)(CCCOC(=O)/C=C/C(=O)OCCC[N@+]1(C)CCc3cc(OC)c(OC)cc3[C@H]1Cc1cc(OC)c(OC)c(OC)c1)CC2. The van der Waals surface area contributed by atoms with Crippen LogP contribution in [0, 0.1) is 0 Å². The van der Waals surface area contributed by atoms with Gasteiger partial charge >= 0.3 is 11.9 Å². The smallest absolute Gasteiger partial charge is 0.331 e. The standard InChI is InChI=1S/C54H72N2O14/c1-55(21-17-37-31-43(59-3)45(61-5)33-39(37)41(55)25-35-27-47(63-7)53(67-11)48(28-35)64-8)19-13-23-69-51(57)15-16-52(58)70-24-14-20-56(2)22-18-38-32-44(60-4)46(62-6)34-40(38)42(56)26-36-29-49(65-9)54(68-12)50(30-36)66-10/h15-16,27-34,41-42H,13-14,17-26H2,1-12H3/q+2/b16-15+/t41-,42-,55-,56?/m1/s1. The van der Waals surface area contributed by atoms with Gasteiger partial charge in [0.1, 0.15) is 12.1 Å². The molecule has 0 aromatic heterocycles. The fraction of sp³-hybridized carbons (Fsp3) is 0.481. The summed E-state index contributed by atoms with van der Waals surface area (Å²) in [6.07, 6.45) is 6.43. The highest BCUT2D eigenvalue weighted by Gasteiger charge is 2.42. The maximum absolute atomic E-state index is 12.9. The zero-order chi connectivity index (χ0) is 50.6. The Kier molecular flexibility index (Phi) is 18.0. The van der Waals surface area contributed by atoms with E-state index in [1.807, 2.05) is 24.3 Å². The summed E-state index contributed by atoms with van der Waals surface area (Å²) in [6, 6.07) is 16.3. The summed E-state index contributed by atoms with van der Waals surface area (Å²) >= 11 is 0. The van der Waals surface area contributed by atoms with Gasteiger partial charge in [-0.2, -0.15) is 0 Å². The first-order chi connectivity index (χ1) is 33.7. The number of likely N-dealkylation sites (N-methyl/N-ethyl adjacent to an activating group) is 2. The van der Waals surface area contributed by atoms with E-state index >= 15 is 0 Å². The van der Waals surface area contributed by atoms with Gasteiger partial charge in [0.05, 0.1) is 125 Å². The number of esters is 2. The molecule has 0 saturated carbocycles. The van der Waals surface area contributed by atoms with Gasteiger partial charge in [-0.3, -0.25) is 0 Å². The maximum Gasteiger partial charge on any atom is 0.331 e. The third-order valence-corrected chi connectivity index (χ3v) is 14.1. The Bertz CT molecular complexity index is 2270. The minimum absolute atomic E-state index is 0.00671. The lowest BCUT2D eigenvalue weighted by atomic mass is 9.86. The zero-order valence-corrected chi connectivity index (χ0v) is 43.0. The number of carbonyl (C=O) groups excluding carboxylic acids is 2. The number of nitrogens with zero attached hydrogens (tertiary/aromatic N) is 2. The van der Waals surface area contributed by atoms with Gasteiger partial charge in [-0.05, 0) is 70.8 Å². The van der Waals surface area contributed by atoms with Crippen molar-refractivity contribution in [3.63, 3.8) is 0 Å². The van der Waals surface area contributed by atoms with Gasteiger partial charge in [-0.15, -0.1) is 0 Å². The van der Waals surface area contributed by atoms with Crippen LogP contribution in [0.3, 0.4) is 0 Å². The average Bonchev–Trinajstić information content (AvgIpc) is 3.38. The molecule has 0 spiro atoms. The number of benzene rings is 4. The topological polar surface area (TPSA) is 145 Å². The van der Waals surface area contributed by atoms with E-state index in [2.05, 4.69) is 38.4 Å². The number of carbonyl (C=O) groups is 2. The number of ether oxygens (including phenoxy) is 12. The second-order valence-electron chi connectivity index (χ2n) is 18.0. The molecule has 16 heteroatoms. The van der Waals surface area contributed by atoms with Crippen LogP contribution in [0.15, 0.2) is 60.7 Å². The predicted octanol–water partition coefficient (Wildman–Crippen LogP) is 7.47. The number of methoxy groups -OCH3 is 10. The molecule has 0 amide bonds. The van der Waals surface area contributed by atoms with Crippen molar-refractivity contribution < 1.29 is 75.4 Å². The summed E-state index contributed by atoms with van der Waals surface area (Å²) in [6.45, 7) is 3.49. The summed E-state index contributed by atoms with van der Waals surface area (Å²) in [4.78, 5) is 25.8. The van der Waals surface area contributed by atoms with Crippen LogP contribution in [0.1, 0.15) is 58.3 Å². The predicted molar refractivity (Wildman–Crippen MR) is 264 cm³/mol. The molecular weight excluding hydrogens is 901 g/mol. The van der Waals surface area contributed by atoms with E-state index in [-0.39, 0.29) is 25.3 Å². The molecule has 4 atom stereocenters. The molecule has 0 radical (unpaired) electrons. The Morgan fingerprint density at radius 3 is 1.07 bits per heavy atom. The van der Waals surface area contributed by atoms with E-state index < -0.39 is 11.9 Å². The fourth-order valence-electron chi connectivity index (χ4n) is 10.2. The molecule has 380 valence electrons. The quantitative estimate of drug-likeness (QED) is 0.0296. The molecule has 2 heterocycles. The Labute approximate surface area is 412 Å². The summed E-state index contributed by atoms with van der Waals surface area (Å²) in [5, 5.41) is 0. The van der Waals surface area contributed by atoms with E-state index in [1.54, 1.807) is 71.1 Å². The number of quaternary nitrogens is 2. The van der Waals surface area contributed by atoms with Crippen LogP contribution >= 0.6 is 0 Å². The maximum atomic E-state index is 12.9. The first-order valence-electron chi connectivity index (χ1n) is 23.5. The molecule has 0 saturated heterocycles. The van der Waals surface area contributed by atoms with Gasteiger partial charge < -0.3 is 65.8 Å². The molecule has 4 aromatic carbocycles. The van der Waals surface area contributed by atoms with Crippen LogP contribution in [0.4, 0.5) is 0 Å². The Morgan fingerprint density at radius 2 is 0.771 bits per heavy atom. The average molecular weight is 973 g/mol. The van der Waals surface area contributed by atoms with Crippen molar-refractivity contribution in [3.8, 4) is 57.5 Å². The Hall–Kier alpha value is -6.52. The van der Waals surface area contributed by atoms with Gasteiger partial charge in [-0.1, -0.05) is 0 Å². The normalized spacial score (nSPS) is 19.3. The molecule has 2 aliphatic rings. The van der Waals surface area contributed by atoms with Gasteiger partial charge in [0, 0.05) is 61.8 Å². The van der Waals surface area contributed by atoms with Crippen LogP contribution < -0.4 is 47.4 Å². The lowest BCUT2D eigenvalue weighted by Gasteiger charge is -2.46. The first-order valence-corrected chi connectivity index (χ1v) is 23.5. The molecule has 2 aliphatic heterocycles. The number of rotatable bonds is 24. The molecule has 0 N–H and O–H groups in total. The molecule has 0 bridgehead atoms. The highest BCUT2D eigenvalue weighted by atomic mass is 16.6. The third-order valence-electron chi connectivity index (χ3n) is 14.1. The van der Waals surface area contributed by atoms with Crippen LogP contribution in [-0.2, 0) is 44.7 Å². The molecule has 6 rings (SSSR count). The van der Waals surface area contributed by atoms with Crippen molar-refractivity contribution in [1.29, 1.82) is 0 Å². The molecule has 0 fully saturated rings. The molecular formula is C54H72N2O14+2. The number of fused-ring (bicyclic) bond motifs is 2. The van der Waals surface area contributed by atoms with Gasteiger partial charge in [0.25, 0.3) is 0 Å². The lowest BCUT2D eigenvalue weighted by molar-refractivity contribution is -0.941. The second-order valence-corrected chi connectivity index (χ2v) is 18.0. The zero-order valence-electron chi connectivity index (χ0n) is 43.0. The van der Waals surface area contributed by atoms with Crippen LogP contribution in [-0.4, -0.2) is 145 Å². The van der Waals surface area contributed by atoms with Crippen LogP contribution in [0.5, 0.6) is 57.5 Å². The monoisotopic (exact) mass is 972 g/mol. The third kappa shape index (κ3) is 11.7. The van der Waals surface area contributed by atoms with Crippen molar-refractivity contribution >= 4 is 11.9 Å². The van der Waals surface area contributed by atoms with E-state index in [9.17, 15) is 9.59 Å². The highest BCUT2D eigenvalue weighted by molar-refractivity contribution is 5.91. The number of hydrogen-bond acceptors (Lipinski definition) is 14. The molecule has 4 aromatic rings. The first kappa shape index (κ1) is 52.8. The molecule has 16 nitrogen and oxygen atoms in total. The molecule has 0 aliphatic carbocycles. The van der Waals surface area contributed by atoms with E-state index in [0.717, 1.165) is 73.4 Å². The largest absolute Gasteiger partial charge is 0.493 e. The summed E-state index contributed by atoms with van der Waals surface area (Å²) in [5.41, 5.74) is 6.74. The highest BCUT2D eigenvalue weighted by Crippen LogP contribution is 2.47. The second kappa shape index (κ2) is 23.9. The molecule has 1 unspecified atom stereocenters. The minimum atomic E-state index is -0.610. The lowest BCUT2D eigenvalue weighted by Crippen LogP contribution is -2.52. The minimum Gasteiger partial charge on any atom is -0.493 e. The van der Waals surface area contributed by atoms with E-state index in [1.165, 1.54) is 11.1 Å². The van der Waals surface area contributed by atoms with Gasteiger partial charge in [0.2, 0.25) is 11.5 Å². The van der Waals surface area contributed by atoms with Gasteiger partial charge in [0.15, 0.2) is 46.0 Å². The summed E-state index contributed by atoms with van der Waals surface area (Å²) < 4.78 is 69.4. The summed E-state index contributed by atoms with van der Waals surface area (Å²) in [7, 11) is 20.7. The Morgan fingerprint density at radius 1 is 0.457 bits per heavy atom. The molecule has 70 heavy (non-hydrogen) atoms. The number of hydrogen-bond donors (Lipinski definition) is 0. The van der Waals surface area contributed by atoms with E-state index in [0.29, 0.717) is 92.1 Å².